The number of aryl methyl sites for hydroxylation is 1. The minimum absolute atomic E-state index is 0.357. The summed E-state index contributed by atoms with van der Waals surface area (Å²) in [5.41, 5.74) is 9.02. The molecule has 0 heterocycles. The number of hydrogen-bond donors (Lipinski definition) is 2. The van der Waals surface area contributed by atoms with E-state index in [9.17, 15) is 0 Å². The van der Waals surface area contributed by atoms with Crippen molar-refractivity contribution < 1.29 is 0 Å². The van der Waals surface area contributed by atoms with Crippen molar-refractivity contribution in [3.05, 3.63) is 27.7 Å². The van der Waals surface area contributed by atoms with Crippen LogP contribution < -0.4 is 11.1 Å². The highest BCUT2D eigenvalue weighted by molar-refractivity contribution is 9.10. The molecule has 72 valence electrons. The van der Waals surface area contributed by atoms with Gasteiger partial charge in [0.05, 0.1) is 0 Å². The summed E-state index contributed by atoms with van der Waals surface area (Å²) in [6.45, 7) is 4.14. The molecule has 1 aromatic rings. The molecule has 0 aliphatic heterocycles. The maximum atomic E-state index is 5.83. The zero-order valence-electron chi connectivity index (χ0n) is 8.19. The van der Waals surface area contributed by atoms with E-state index in [2.05, 4.69) is 40.3 Å². The van der Waals surface area contributed by atoms with Crippen molar-refractivity contribution in [2.24, 2.45) is 0 Å². The van der Waals surface area contributed by atoms with Gasteiger partial charge in [0.15, 0.2) is 0 Å². The lowest BCUT2D eigenvalue weighted by Gasteiger charge is -2.13. The number of nitrogens with one attached hydrogen (secondary N) is 1. The molecule has 0 radical (unpaired) electrons. The minimum atomic E-state index is 0.357. The van der Waals surface area contributed by atoms with E-state index in [4.69, 9.17) is 5.73 Å². The quantitative estimate of drug-likeness (QED) is 0.783. The Morgan fingerprint density at radius 2 is 2.08 bits per heavy atom. The highest BCUT2D eigenvalue weighted by atomic mass is 79.9. The van der Waals surface area contributed by atoms with Crippen molar-refractivity contribution in [1.29, 1.82) is 0 Å². The molecule has 0 aliphatic rings. The Balaban J connectivity index is 3.13. The lowest BCUT2D eigenvalue weighted by molar-refractivity contribution is 0.651. The molecule has 13 heavy (non-hydrogen) atoms. The number of nitrogen functional groups attached to an aromatic ring is 1. The second kappa shape index (κ2) is 4.11. The zero-order valence-corrected chi connectivity index (χ0v) is 9.77. The third-order valence-corrected chi connectivity index (χ3v) is 2.95. The van der Waals surface area contributed by atoms with Gasteiger partial charge in [-0.3, -0.25) is 0 Å². The third kappa shape index (κ3) is 2.23. The highest BCUT2D eigenvalue weighted by Gasteiger charge is 2.06. The molecule has 3 heteroatoms. The molecule has 2 nitrogen and oxygen atoms in total. The van der Waals surface area contributed by atoms with Crippen molar-refractivity contribution in [1.82, 2.24) is 5.32 Å². The van der Waals surface area contributed by atoms with E-state index in [0.717, 1.165) is 15.7 Å². The van der Waals surface area contributed by atoms with Crippen LogP contribution in [0.5, 0.6) is 0 Å². The van der Waals surface area contributed by atoms with Gasteiger partial charge in [0.2, 0.25) is 0 Å². The number of rotatable bonds is 2. The van der Waals surface area contributed by atoms with E-state index in [-0.39, 0.29) is 0 Å². The number of anilines is 1. The normalized spacial score (nSPS) is 12.9. The van der Waals surface area contributed by atoms with Crippen LogP contribution >= 0.6 is 15.9 Å². The van der Waals surface area contributed by atoms with E-state index in [1.165, 1.54) is 5.56 Å². The second-order valence-electron chi connectivity index (χ2n) is 3.24. The van der Waals surface area contributed by atoms with Crippen molar-refractivity contribution in [2.45, 2.75) is 19.9 Å². The van der Waals surface area contributed by atoms with Gasteiger partial charge in [0, 0.05) is 16.2 Å². The summed E-state index contributed by atoms with van der Waals surface area (Å²) in [6.07, 6.45) is 0. The lowest BCUT2D eigenvalue weighted by atomic mass is 10.0. The Morgan fingerprint density at radius 1 is 1.46 bits per heavy atom. The number of halogens is 1. The zero-order chi connectivity index (χ0) is 10.0. The monoisotopic (exact) mass is 242 g/mol. The Labute approximate surface area is 87.6 Å². The van der Waals surface area contributed by atoms with Gasteiger partial charge in [-0.15, -0.1) is 0 Å². The van der Waals surface area contributed by atoms with Gasteiger partial charge in [0.1, 0.15) is 0 Å². The van der Waals surface area contributed by atoms with Crippen molar-refractivity contribution in [3.63, 3.8) is 0 Å². The molecular weight excluding hydrogens is 228 g/mol. The molecule has 0 saturated heterocycles. The number of nitrogens with two attached hydrogens (primary N) is 1. The topological polar surface area (TPSA) is 38.0 Å². The maximum Gasteiger partial charge on any atom is 0.0488 e. The van der Waals surface area contributed by atoms with E-state index in [1.807, 2.05) is 14.0 Å². The Bertz CT molecular complexity index is 287. The van der Waals surface area contributed by atoms with Gasteiger partial charge < -0.3 is 11.1 Å². The van der Waals surface area contributed by atoms with E-state index in [0.29, 0.717) is 6.04 Å². The van der Waals surface area contributed by atoms with Gasteiger partial charge >= 0.3 is 0 Å². The molecule has 3 N–H and O–H groups in total. The van der Waals surface area contributed by atoms with Gasteiger partial charge in [-0.1, -0.05) is 6.07 Å². The van der Waals surface area contributed by atoms with E-state index < -0.39 is 0 Å². The molecule has 1 atom stereocenters. The first kappa shape index (κ1) is 10.5. The summed E-state index contributed by atoms with van der Waals surface area (Å²) in [4.78, 5) is 0. The molecule has 0 fully saturated rings. The van der Waals surface area contributed by atoms with Crippen molar-refractivity contribution in [2.75, 3.05) is 12.8 Å². The molecular formula is C10H15BrN2. The second-order valence-corrected chi connectivity index (χ2v) is 4.10. The van der Waals surface area contributed by atoms with Gasteiger partial charge in [-0.05, 0) is 54.0 Å². The van der Waals surface area contributed by atoms with Crippen LogP contribution in [0, 0.1) is 6.92 Å². The number of hydrogen-bond acceptors (Lipinski definition) is 2. The highest BCUT2D eigenvalue weighted by Crippen LogP contribution is 2.27. The Morgan fingerprint density at radius 3 is 2.54 bits per heavy atom. The molecule has 0 amide bonds. The molecule has 0 bridgehead atoms. The summed E-state index contributed by atoms with van der Waals surface area (Å²) in [7, 11) is 1.95. The van der Waals surface area contributed by atoms with Crippen LogP contribution in [-0.4, -0.2) is 7.05 Å². The summed E-state index contributed by atoms with van der Waals surface area (Å²) < 4.78 is 0.976. The molecule has 0 saturated carbocycles. The fourth-order valence-corrected chi connectivity index (χ4v) is 1.78. The number of benzene rings is 1. The van der Waals surface area contributed by atoms with E-state index in [1.54, 1.807) is 0 Å². The van der Waals surface area contributed by atoms with Crippen molar-refractivity contribution in [3.8, 4) is 0 Å². The van der Waals surface area contributed by atoms with E-state index >= 15 is 0 Å². The molecule has 0 spiro atoms. The smallest absolute Gasteiger partial charge is 0.0488 e. The minimum Gasteiger partial charge on any atom is -0.398 e. The standard InChI is InChI=1S/C10H15BrN2/c1-6-4-8(7(2)13-3)5-9(11)10(6)12/h4-5,7,13H,12H2,1-3H3. The first-order valence-corrected chi connectivity index (χ1v) is 5.08. The first-order chi connectivity index (χ1) is 6.06. The summed E-state index contributed by atoms with van der Waals surface area (Å²) >= 11 is 3.44. The van der Waals surface area contributed by atoms with Crippen LogP contribution in [0.1, 0.15) is 24.1 Å². The van der Waals surface area contributed by atoms with Crippen LogP contribution in [-0.2, 0) is 0 Å². The molecule has 1 unspecified atom stereocenters. The molecule has 1 aromatic carbocycles. The van der Waals surface area contributed by atoms with Crippen LogP contribution in [0.15, 0.2) is 16.6 Å². The third-order valence-electron chi connectivity index (χ3n) is 2.29. The van der Waals surface area contributed by atoms with Crippen LogP contribution in [0.25, 0.3) is 0 Å². The Kier molecular flexibility index (Phi) is 3.33. The van der Waals surface area contributed by atoms with Crippen LogP contribution in [0.3, 0.4) is 0 Å². The average molecular weight is 243 g/mol. The molecule has 0 aliphatic carbocycles. The largest absolute Gasteiger partial charge is 0.398 e. The van der Waals surface area contributed by atoms with Crippen molar-refractivity contribution >= 4 is 21.6 Å². The fourth-order valence-electron chi connectivity index (χ4n) is 1.20. The SMILES string of the molecule is CNC(C)c1cc(C)c(N)c(Br)c1. The predicted octanol–water partition coefficient (Wildman–Crippen LogP) is 2.62. The summed E-state index contributed by atoms with van der Waals surface area (Å²) in [6, 6.07) is 4.53. The Hall–Kier alpha value is -0.540. The predicted molar refractivity (Wildman–Crippen MR) is 60.8 cm³/mol. The van der Waals surface area contributed by atoms with Gasteiger partial charge in [-0.25, -0.2) is 0 Å². The van der Waals surface area contributed by atoms with Gasteiger partial charge in [-0.2, -0.15) is 0 Å². The lowest BCUT2D eigenvalue weighted by Crippen LogP contribution is -2.12. The van der Waals surface area contributed by atoms with Crippen LogP contribution in [0.2, 0.25) is 0 Å². The fraction of sp³-hybridized carbons (Fsp3) is 0.400. The molecule has 0 aromatic heterocycles. The van der Waals surface area contributed by atoms with Gasteiger partial charge in [0.25, 0.3) is 0 Å². The first-order valence-electron chi connectivity index (χ1n) is 4.29. The maximum absolute atomic E-state index is 5.83. The molecule has 1 rings (SSSR count). The summed E-state index contributed by atoms with van der Waals surface area (Å²) in [5.74, 6) is 0. The van der Waals surface area contributed by atoms with Crippen LogP contribution in [0.4, 0.5) is 5.69 Å². The average Bonchev–Trinajstić information content (AvgIpc) is 2.12. The summed E-state index contributed by atoms with van der Waals surface area (Å²) in [5, 5.41) is 3.19.